The Bertz CT molecular complexity index is 712. The van der Waals surface area contributed by atoms with Crippen molar-refractivity contribution in [3.8, 4) is 0 Å². The number of amides is 1. The second-order valence-corrected chi connectivity index (χ2v) is 7.68. The first-order valence-electron chi connectivity index (χ1n) is 9.67. The van der Waals surface area contributed by atoms with Gasteiger partial charge in [0.2, 0.25) is 5.91 Å². The molecule has 1 aromatic heterocycles. The van der Waals surface area contributed by atoms with Crippen molar-refractivity contribution in [2.75, 3.05) is 0 Å². The number of fused-ring (bicyclic) bond motifs is 3. The number of carbonyl (C=O) groups excluding carboxylic acids is 1. The number of rotatable bonds is 4. The van der Waals surface area contributed by atoms with Gasteiger partial charge in [0, 0.05) is 35.5 Å². The van der Waals surface area contributed by atoms with Crippen molar-refractivity contribution in [3.63, 3.8) is 0 Å². The molecule has 1 amide bonds. The Balaban J connectivity index is 1.32. The van der Waals surface area contributed by atoms with E-state index in [1.54, 1.807) is 0 Å². The number of aromatic amines is 1. The van der Waals surface area contributed by atoms with E-state index in [0.717, 1.165) is 31.6 Å². The van der Waals surface area contributed by atoms with Crippen LogP contribution in [0.4, 0.5) is 0 Å². The molecule has 2 aliphatic carbocycles. The zero-order valence-corrected chi connectivity index (χ0v) is 14.4. The Morgan fingerprint density at radius 2 is 1.96 bits per heavy atom. The maximum Gasteiger partial charge on any atom is 0.220 e. The molecule has 0 spiro atoms. The van der Waals surface area contributed by atoms with Crippen LogP contribution in [0, 0.1) is 5.92 Å². The fourth-order valence-corrected chi connectivity index (χ4v) is 4.62. The van der Waals surface area contributed by atoms with Crippen LogP contribution in [-0.2, 0) is 17.6 Å². The van der Waals surface area contributed by atoms with E-state index < -0.39 is 0 Å². The number of benzene rings is 1. The zero-order chi connectivity index (χ0) is 16.4. The van der Waals surface area contributed by atoms with Gasteiger partial charge < -0.3 is 10.3 Å². The molecule has 2 aliphatic rings. The second kappa shape index (κ2) is 7.00. The van der Waals surface area contributed by atoms with E-state index in [4.69, 9.17) is 0 Å². The normalized spacial score (nSPS) is 21.6. The summed E-state index contributed by atoms with van der Waals surface area (Å²) in [4.78, 5) is 15.9. The van der Waals surface area contributed by atoms with E-state index in [-0.39, 0.29) is 5.91 Å². The molecule has 1 heterocycles. The number of hydrogen-bond acceptors (Lipinski definition) is 1. The molecular weight excluding hydrogens is 296 g/mol. The fraction of sp³-hybridized carbons (Fsp3) is 0.571. The van der Waals surface area contributed by atoms with Crippen molar-refractivity contribution >= 4 is 16.8 Å². The van der Waals surface area contributed by atoms with Crippen molar-refractivity contribution < 1.29 is 4.79 Å². The molecule has 1 aromatic carbocycles. The van der Waals surface area contributed by atoms with Crippen LogP contribution in [0.5, 0.6) is 0 Å². The van der Waals surface area contributed by atoms with Gasteiger partial charge in [-0.05, 0) is 36.8 Å². The summed E-state index contributed by atoms with van der Waals surface area (Å²) in [6.07, 6.45) is 11.6. The molecule has 0 aliphatic heterocycles. The van der Waals surface area contributed by atoms with Crippen molar-refractivity contribution in [2.24, 2.45) is 5.92 Å². The first-order valence-corrected chi connectivity index (χ1v) is 9.67. The maximum absolute atomic E-state index is 12.3. The SMILES string of the molecule is O=C(CCC1CCCCC1)NC1CCc2c([nH]c3ccccc23)C1. The predicted octanol–water partition coefficient (Wildman–Crippen LogP) is 4.50. The van der Waals surface area contributed by atoms with Crippen LogP contribution >= 0.6 is 0 Å². The first-order chi connectivity index (χ1) is 11.8. The van der Waals surface area contributed by atoms with E-state index in [0.29, 0.717) is 12.5 Å². The van der Waals surface area contributed by atoms with Crippen LogP contribution in [0.3, 0.4) is 0 Å². The van der Waals surface area contributed by atoms with Gasteiger partial charge in [0.05, 0.1) is 0 Å². The molecule has 4 rings (SSSR count). The zero-order valence-electron chi connectivity index (χ0n) is 14.4. The van der Waals surface area contributed by atoms with Crippen LogP contribution in [-0.4, -0.2) is 16.9 Å². The van der Waals surface area contributed by atoms with Crippen LogP contribution in [0.15, 0.2) is 24.3 Å². The highest BCUT2D eigenvalue weighted by molar-refractivity contribution is 5.85. The summed E-state index contributed by atoms with van der Waals surface area (Å²) in [5.41, 5.74) is 4.00. The summed E-state index contributed by atoms with van der Waals surface area (Å²) in [6.45, 7) is 0. The lowest BCUT2D eigenvalue weighted by atomic mass is 9.86. The van der Waals surface area contributed by atoms with Gasteiger partial charge in [0.1, 0.15) is 0 Å². The summed E-state index contributed by atoms with van der Waals surface area (Å²) in [5, 5.41) is 4.64. The van der Waals surface area contributed by atoms with E-state index in [9.17, 15) is 4.79 Å². The highest BCUT2D eigenvalue weighted by Gasteiger charge is 2.23. The van der Waals surface area contributed by atoms with Crippen molar-refractivity contribution in [1.82, 2.24) is 10.3 Å². The van der Waals surface area contributed by atoms with E-state index >= 15 is 0 Å². The van der Waals surface area contributed by atoms with Crippen LogP contribution in [0.25, 0.3) is 10.9 Å². The minimum Gasteiger partial charge on any atom is -0.358 e. The molecule has 0 radical (unpaired) electrons. The molecule has 1 fully saturated rings. The third-order valence-corrected chi connectivity index (χ3v) is 5.96. The number of nitrogens with one attached hydrogen (secondary N) is 2. The molecule has 2 aromatic rings. The molecule has 128 valence electrons. The number of H-pyrrole nitrogens is 1. The lowest BCUT2D eigenvalue weighted by Crippen LogP contribution is -2.38. The van der Waals surface area contributed by atoms with Gasteiger partial charge >= 0.3 is 0 Å². The first kappa shape index (κ1) is 15.7. The number of para-hydroxylation sites is 1. The number of aryl methyl sites for hydroxylation is 1. The highest BCUT2D eigenvalue weighted by Crippen LogP contribution is 2.30. The molecule has 1 atom stereocenters. The van der Waals surface area contributed by atoms with E-state index in [1.165, 1.54) is 54.3 Å². The molecule has 24 heavy (non-hydrogen) atoms. The summed E-state index contributed by atoms with van der Waals surface area (Å²) in [7, 11) is 0. The number of hydrogen-bond donors (Lipinski definition) is 2. The molecular formula is C21H28N2O. The lowest BCUT2D eigenvalue weighted by molar-refractivity contribution is -0.122. The molecule has 1 unspecified atom stereocenters. The topological polar surface area (TPSA) is 44.9 Å². The molecule has 1 saturated carbocycles. The largest absolute Gasteiger partial charge is 0.358 e. The third-order valence-electron chi connectivity index (χ3n) is 5.96. The molecule has 2 N–H and O–H groups in total. The number of carbonyl (C=O) groups is 1. The lowest BCUT2D eigenvalue weighted by Gasteiger charge is -2.25. The summed E-state index contributed by atoms with van der Waals surface area (Å²) in [6, 6.07) is 8.83. The quantitative estimate of drug-likeness (QED) is 0.854. The van der Waals surface area contributed by atoms with Crippen LogP contribution < -0.4 is 5.32 Å². The summed E-state index contributed by atoms with van der Waals surface area (Å²) < 4.78 is 0. The highest BCUT2D eigenvalue weighted by atomic mass is 16.1. The maximum atomic E-state index is 12.3. The van der Waals surface area contributed by atoms with Gasteiger partial charge in [0.15, 0.2) is 0 Å². The second-order valence-electron chi connectivity index (χ2n) is 7.68. The van der Waals surface area contributed by atoms with Crippen LogP contribution in [0.2, 0.25) is 0 Å². The van der Waals surface area contributed by atoms with Gasteiger partial charge in [-0.3, -0.25) is 4.79 Å². The average Bonchev–Trinajstić information content (AvgIpc) is 2.98. The number of aromatic nitrogens is 1. The molecule has 3 nitrogen and oxygen atoms in total. The summed E-state index contributed by atoms with van der Waals surface area (Å²) >= 11 is 0. The molecule has 0 bridgehead atoms. The summed E-state index contributed by atoms with van der Waals surface area (Å²) in [5.74, 6) is 1.04. The van der Waals surface area contributed by atoms with Crippen molar-refractivity contribution in [3.05, 3.63) is 35.5 Å². The fourth-order valence-electron chi connectivity index (χ4n) is 4.62. The van der Waals surface area contributed by atoms with Crippen molar-refractivity contribution in [2.45, 2.75) is 70.3 Å². The Morgan fingerprint density at radius 1 is 1.12 bits per heavy atom. The van der Waals surface area contributed by atoms with E-state index in [1.807, 2.05) is 0 Å². The van der Waals surface area contributed by atoms with E-state index in [2.05, 4.69) is 34.6 Å². The molecule has 0 saturated heterocycles. The Labute approximate surface area is 144 Å². The smallest absolute Gasteiger partial charge is 0.220 e. The van der Waals surface area contributed by atoms with Gasteiger partial charge in [-0.2, -0.15) is 0 Å². The third kappa shape index (κ3) is 3.35. The van der Waals surface area contributed by atoms with Gasteiger partial charge in [0.25, 0.3) is 0 Å². The Kier molecular flexibility index (Phi) is 4.59. The van der Waals surface area contributed by atoms with Gasteiger partial charge in [-0.15, -0.1) is 0 Å². The predicted molar refractivity (Wildman–Crippen MR) is 98.1 cm³/mol. The minimum atomic E-state index is 0.255. The Hall–Kier alpha value is -1.77. The Morgan fingerprint density at radius 3 is 2.83 bits per heavy atom. The average molecular weight is 324 g/mol. The standard InChI is InChI=1S/C21H28N2O/c24-21(13-10-15-6-2-1-3-7-15)22-16-11-12-18-17-8-4-5-9-19(17)23-20(18)14-16/h4-5,8-9,15-16,23H,1-3,6-7,10-14H2,(H,22,24). The van der Waals surface area contributed by atoms with Gasteiger partial charge in [-0.25, -0.2) is 0 Å². The minimum absolute atomic E-state index is 0.255. The van der Waals surface area contributed by atoms with Crippen molar-refractivity contribution in [1.29, 1.82) is 0 Å². The van der Waals surface area contributed by atoms with Crippen LogP contribution in [0.1, 0.15) is 62.6 Å². The monoisotopic (exact) mass is 324 g/mol. The molecule has 3 heteroatoms. The van der Waals surface area contributed by atoms with Gasteiger partial charge in [-0.1, -0.05) is 50.3 Å².